The first kappa shape index (κ1) is 34.8. The van der Waals surface area contributed by atoms with E-state index in [0.717, 1.165) is 48.5 Å². The Morgan fingerprint density at radius 2 is 0.846 bits per heavy atom. The van der Waals surface area contributed by atoms with Gasteiger partial charge in [-0.1, -0.05) is 24.3 Å². The summed E-state index contributed by atoms with van der Waals surface area (Å²) >= 11 is 0. The molecule has 0 saturated carbocycles. The number of amides is 4. The van der Waals surface area contributed by atoms with Crippen LogP contribution in [0.5, 0.6) is 0 Å². The molecule has 0 N–H and O–H groups in total. The number of nitriles is 1. The minimum absolute atomic E-state index is 0.0930. The van der Waals surface area contributed by atoms with Gasteiger partial charge >= 0.3 is 0 Å². The van der Waals surface area contributed by atoms with Crippen LogP contribution in [0.15, 0.2) is 59.7 Å². The van der Waals surface area contributed by atoms with E-state index in [4.69, 9.17) is 11.8 Å². The molecule has 0 unspecified atom stereocenters. The number of hydrogen-bond acceptors (Lipinski definition) is 5. The van der Waals surface area contributed by atoms with Crippen LogP contribution in [0, 0.1) is 76.1 Å². The van der Waals surface area contributed by atoms with Gasteiger partial charge in [-0.25, -0.2) is 58.5 Å². The molecule has 0 aromatic heterocycles. The maximum absolute atomic E-state index is 15.5. The third kappa shape index (κ3) is 4.83. The highest BCUT2D eigenvalue weighted by atomic mass is 19.2. The molecule has 0 bridgehead atoms. The summed E-state index contributed by atoms with van der Waals surface area (Å²) < 4.78 is 148. The molecule has 0 fully saturated rings. The van der Waals surface area contributed by atoms with E-state index in [9.17, 15) is 45.5 Å². The predicted molar refractivity (Wildman–Crippen MR) is 153 cm³/mol. The molecule has 2 aliphatic heterocycles. The fourth-order valence-electron chi connectivity index (χ4n) is 5.41. The van der Waals surface area contributed by atoms with Crippen LogP contribution >= 0.6 is 0 Å². The van der Waals surface area contributed by atoms with Crippen molar-refractivity contribution in [2.24, 2.45) is 0 Å². The van der Waals surface area contributed by atoms with Gasteiger partial charge in [-0.2, -0.15) is 5.26 Å². The Kier molecular flexibility index (Phi) is 8.26. The second-order valence-corrected chi connectivity index (χ2v) is 10.6. The average molecular weight is 726 g/mol. The smallest absolute Gasteiger partial charge is 0.268 e. The van der Waals surface area contributed by atoms with Crippen LogP contribution in [0.2, 0.25) is 0 Å². The first-order valence-corrected chi connectivity index (χ1v) is 13.9. The van der Waals surface area contributed by atoms with Crippen molar-refractivity contribution in [1.29, 1.82) is 5.26 Å². The molecule has 0 radical (unpaired) electrons. The van der Waals surface area contributed by atoms with Crippen molar-refractivity contribution in [3.8, 4) is 6.07 Å². The number of benzene rings is 4. The normalized spacial score (nSPS) is 13.9. The fourth-order valence-corrected chi connectivity index (χ4v) is 5.41. The standard InChI is InChI=1S/C34H8F10N4O4/c1-46-14-8-6-13(7-9-14)32(50)48-30(18-21(37)25(41)28(44)26(42)22(18)38)16-15(34(48)52)29(17-19(35)23(39)27(43)24(40)20(17)36)47(33(16)51)31(49)12-4-2-11(10-45)3-5-12/h2-9H. The third-order valence-corrected chi connectivity index (χ3v) is 7.81. The molecule has 0 aliphatic carbocycles. The zero-order valence-corrected chi connectivity index (χ0v) is 24.8. The number of carbonyl (C=O) groups excluding carboxylic acids is 4. The molecule has 8 nitrogen and oxygen atoms in total. The molecule has 18 heteroatoms. The zero-order chi connectivity index (χ0) is 38.1. The maximum atomic E-state index is 15.5. The number of nitrogens with zero attached hydrogens (tertiary/aromatic N) is 4. The van der Waals surface area contributed by atoms with Crippen molar-refractivity contribution < 1.29 is 63.1 Å². The van der Waals surface area contributed by atoms with Crippen molar-refractivity contribution in [1.82, 2.24) is 9.80 Å². The van der Waals surface area contributed by atoms with E-state index in [1.165, 1.54) is 0 Å². The van der Waals surface area contributed by atoms with Crippen LogP contribution in [0.4, 0.5) is 49.6 Å². The summed E-state index contributed by atoms with van der Waals surface area (Å²) in [7, 11) is 0. The van der Waals surface area contributed by atoms with Crippen molar-refractivity contribution in [2.45, 2.75) is 0 Å². The zero-order valence-electron chi connectivity index (χ0n) is 24.8. The lowest BCUT2D eigenvalue weighted by atomic mass is 10.00. The minimum atomic E-state index is -2.75. The van der Waals surface area contributed by atoms with Crippen LogP contribution in [0.25, 0.3) is 16.2 Å². The second kappa shape index (κ2) is 12.4. The van der Waals surface area contributed by atoms with E-state index >= 15 is 17.6 Å². The SMILES string of the molecule is [C-]#[N+]c1ccc(C(=O)N2C(=O)C3=C(c4c(F)c(F)c(F)c(F)c4F)N(C(=O)c4ccc(C#N)cc4)C(=O)C3=C2c2c(F)c(F)c(F)c(F)c2F)cc1. The summed E-state index contributed by atoms with van der Waals surface area (Å²) in [6, 6.07) is 8.97. The van der Waals surface area contributed by atoms with E-state index in [1.54, 1.807) is 6.07 Å². The first-order valence-electron chi connectivity index (χ1n) is 13.9. The summed E-state index contributed by atoms with van der Waals surface area (Å²) in [6.07, 6.45) is 0. The molecule has 4 amide bonds. The Morgan fingerprint density at radius 1 is 0.538 bits per heavy atom. The van der Waals surface area contributed by atoms with Gasteiger partial charge in [-0.05, 0) is 24.3 Å². The number of fused-ring (bicyclic) bond motifs is 1. The number of imide groups is 2. The number of carbonyl (C=O) groups is 4. The average Bonchev–Trinajstić information content (AvgIpc) is 3.61. The predicted octanol–water partition coefficient (Wildman–Crippen LogP) is 6.99. The molecular weight excluding hydrogens is 718 g/mol. The number of hydrogen-bond donors (Lipinski definition) is 0. The molecule has 0 spiro atoms. The minimum Gasteiger partial charge on any atom is -0.268 e. The monoisotopic (exact) mass is 726 g/mol. The van der Waals surface area contributed by atoms with Crippen molar-refractivity contribution in [3.05, 3.63) is 157 Å². The summed E-state index contributed by atoms with van der Waals surface area (Å²) in [6.45, 7) is 7.05. The van der Waals surface area contributed by atoms with Crippen molar-refractivity contribution in [3.63, 3.8) is 0 Å². The number of halogens is 10. The molecule has 52 heavy (non-hydrogen) atoms. The van der Waals surface area contributed by atoms with Gasteiger partial charge in [-0.15, -0.1) is 0 Å². The van der Waals surface area contributed by atoms with Crippen LogP contribution in [-0.4, -0.2) is 33.4 Å². The summed E-state index contributed by atoms with van der Waals surface area (Å²) in [5.74, 6) is -34.7. The van der Waals surface area contributed by atoms with Gasteiger partial charge in [0.05, 0.1) is 51.9 Å². The van der Waals surface area contributed by atoms with Crippen LogP contribution < -0.4 is 0 Å². The van der Waals surface area contributed by atoms with Crippen LogP contribution in [0.3, 0.4) is 0 Å². The molecule has 258 valence electrons. The van der Waals surface area contributed by atoms with Gasteiger partial charge in [0.2, 0.25) is 11.6 Å². The lowest BCUT2D eigenvalue weighted by Gasteiger charge is -2.24. The molecule has 0 saturated heterocycles. The van der Waals surface area contributed by atoms with E-state index in [-0.39, 0.29) is 21.1 Å². The molecule has 6 rings (SSSR count). The van der Waals surface area contributed by atoms with E-state index in [1.807, 2.05) is 0 Å². The van der Waals surface area contributed by atoms with Crippen molar-refractivity contribution >= 4 is 40.7 Å². The van der Waals surface area contributed by atoms with E-state index < -0.39 is 127 Å². The van der Waals surface area contributed by atoms with Crippen LogP contribution in [0.1, 0.15) is 37.4 Å². The first-order chi connectivity index (χ1) is 24.6. The van der Waals surface area contributed by atoms with E-state index in [2.05, 4.69) is 4.85 Å². The quantitative estimate of drug-likeness (QED) is 0.0743. The number of rotatable bonds is 4. The van der Waals surface area contributed by atoms with Gasteiger partial charge in [-0.3, -0.25) is 19.2 Å². The fraction of sp³-hybridized carbons (Fsp3) is 0. The molecule has 4 aromatic carbocycles. The van der Waals surface area contributed by atoms with E-state index in [0.29, 0.717) is 0 Å². The molecule has 0 atom stereocenters. The van der Waals surface area contributed by atoms with Crippen LogP contribution in [-0.2, 0) is 9.59 Å². The lowest BCUT2D eigenvalue weighted by Crippen LogP contribution is -2.37. The lowest BCUT2D eigenvalue weighted by molar-refractivity contribution is -0.122. The Hall–Kier alpha value is -7.08. The van der Waals surface area contributed by atoms with Gasteiger partial charge in [0.15, 0.2) is 52.2 Å². The van der Waals surface area contributed by atoms with Crippen molar-refractivity contribution in [2.75, 3.05) is 0 Å². The highest BCUT2D eigenvalue weighted by molar-refractivity contribution is 6.37. The van der Waals surface area contributed by atoms with Gasteiger partial charge in [0.1, 0.15) is 0 Å². The highest BCUT2D eigenvalue weighted by Crippen LogP contribution is 2.50. The Labute approximate surface area is 282 Å². The molecule has 4 aromatic rings. The summed E-state index contributed by atoms with van der Waals surface area (Å²) in [4.78, 5) is 58.2. The molecule has 2 aliphatic rings. The largest absolute Gasteiger partial charge is 0.268 e. The summed E-state index contributed by atoms with van der Waals surface area (Å²) in [5, 5.41) is 9.08. The Balaban J connectivity index is 1.77. The third-order valence-electron chi connectivity index (χ3n) is 7.81. The topological polar surface area (TPSA) is 103 Å². The Bertz CT molecular complexity index is 2280. The second-order valence-electron chi connectivity index (χ2n) is 10.6. The maximum Gasteiger partial charge on any atom is 0.268 e. The molecule has 2 heterocycles. The van der Waals surface area contributed by atoms with Gasteiger partial charge < -0.3 is 0 Å². The summed E-state index contributed by atoms with van der Waals surface area (Å²) in [5.41, 5.74) is -12.6. The Morgan fingerprint density at radius 3 is 1.15 bits per heavy atom. The van der Waals surface area contributed by atoms with Gasteiger partial charge in [0, 0.05) is 11.1 Å². The highest BCUT2D eigenvalue weighted by Gasteiger charge is 2.55. The molecular formula is C34H8F10N4O4. The van der Waals surface area contributed by atoms with Gasteiger partial charge in [0.25, 0.3) is 23.6 Å².